The molecule has 0 fully saturated rings. The van der Waals surface area contributed by atoms with Gasteiger partial charge in [-0.1, -0.05) is 19.8 Å². The number of hydrogen-bond donors (Lipinski definition) is 1. The SMILES string of the molecule is CCCCC(C)(O)C(=O)OC. The molecule has 3 nitrogen and oxygen atoms in total. The Morgan fingerprint density at radius 3 is 2.55 bits per heavy atom. The monoisotopic (exact) mass is 160 g/mol. The maximum absolute atomic E-state index is 10.9. The number of methoxy groups -OCH3 is 1. The van der Waals surface area contributed by atoms with Crippen molar-refractivity contribution in [1.29, 1.82) is 0 Å². The lowest BCUT2D eigenvalue weighted by Crippen LogP contribution is -2.35. The van der Waals surface area contributed by atoms with Crippen molar-refractivity contribution in [2.45, 2.75) is 38.7 Å². The lowest BCUT2D eigenvalue weighted by Gasteiger charge is -2.19. The molecule has 0 saturated heterocycles. The third-order valence-corrected chi connectivity index (χ3v) is 1.64. The van der Waals surface area contributed by atoms with Crippen LogP contribution in [-0.2, 0) is 9.53 Å². The largest absolute Gasteiger partial charge is 0.467 e. The fourth-order valence-electron chi connectivity index (χ4n) is 0.843. The number of esters is 1. The predicted molar refractivity (Wildman–Crippen MR) is 42.2 cm³/mol. The van der Waals surface area contributed by atoms with E-state index in [4.69, 9.17) is 0 Å². The predicted octanol–water partition coefficient (Wildman–Crippen LogP) is 1.10. The maximum Gasteiger partial charge on any atom is 0.337 e. The highest BCUT2D eigenvalue weighted by Crippen LogP contribution is 2.14. The van der Waals surface area contributed by atoms with Crippen molar-refractivity contribution < 1.29 is 14.6 Å². The summed E-state index contributed by atoms with van der Waals surface area (Å²) in [5, 5.41) is 9.44. The van der Waals surface area contributed by atoms with Gasteiger partial charge in [0.15, 0.2) is 5.60 Å². The van der Waals surface area contributed by atoms with E-state index in [1.165, 1.54) is 14.0 Å². The van der Waals surface area contributed by atoms with Gasteiger partial charge < -0.3 is 9.84 Å². The van der Waals surface area contributed by atoms with Crippen LogP contribution < -0.4 is 0 Å². The molecule has 0 aliphatic rings. The van der Waals surface area contributed by atoms with Crippen LogP contribution in [0.1, 0.15) is 33.1 Å². The van der Waals surface area contributed by atoms with Crippen molar-refractivity contribution in [2.75, 3.05) is 7.11 Å². The summed E-state index contributed by atoms with van der Waals surface area (Å²) in [6.45, 7) is 3.49. The normalized spacial score (nSPS) is 15.6. The minimum atomic E-state index is -1.30. The van der Waals surface area contributed by atoms with Crippen LogP contribution in [0, 0.1) is 0 Å². The molecule has 0 aliphatic heterocycles. The summed E-state index contributed by atoms with van der Waals surface area (Å²) >= 11 is 0. The van der Waals surface area contributed by atoms with Crippen molar-refractivity contribution >= 4 is 5.97 Å². The average Bonchev–Trinajstić information content (AvgIpc) is 1.99. The Morgan fingerprint density at radius 1 is 1.64 bits per heavy atom. The Kier molecular flexibility index (Phi) is 4.11. The van der Waals surface area contributed by atoms with E-state index in [9.17, 15) is 9.90 Å². The van der Waals surface area contributed by atoms with Gasteiger partial charge in [-0.3, -0.25) is 0 Å². The first-order chi connectivity index (χ1) is 5.04. The summed E-state index contributed by atoms with van der Waals surface area (Å²) in [7, 11) is 1.28. The van der Waals surface area contributed by atoms with Crippen molar-refractivity contribution in [2.24, 2.45) is 0 Å². The molecule has 1 unspecified atom stereocenters. The highest BCUT2D eigenvalue weighted by molar-refractivity contribution is 5.78. The number of unbranched alkanes of at least 4 members (excludes halogenated alkanes) is 1. The quantitative estimate of drug-likeness (QED) is 0.626. The first-order valence-electron chi connectivity index (χ1n) is 3.85. The number of rotatable bonds is 4. The second-order valence-corrected chi connectivity index (χ2v) is 2.87. The van der Waals surface area contributed by atoms with E-state index in [1.54, 1.807) is 0 Å². The van der Waals surface area contributed by atoms with Gasteiger partial charge in [-0.2, -0.15) is 0 Å². The number of aliphatic hydroxyl groups is 1. The van der Waals surface area contributed by atoms with Gasteiger partial charge in [0.25, 0.3) is 0 Å². The summed E-state index contributed by atoms with van der Waals surface area (Å²) < 4.78 is 4.42. The Bertz CT molecular complexity index is 129. The van der Waals surface area contributed by atoms with Crippen LogP contribution in [0.3, 0.4) is 0 Å². The Labute approximate surface area is 67.4 Å². The van der Waals surface area contributed by atoms with E-state index < -0.39 is 11.6 Å². The summed E-state index contributed by atoms with van der Waals surface area (Å²) in [6.07, 6.45) is 2.27. The Balaban J connectivity index is 3.88. The Hall–Kier alpha value is -0.570. The zero-order valence-corrected chi connectivity index (χ0v) is 7.39. The summed E-state index contributed by atoms with van der Waals surface area (Å²) in [5.41, 5.74) is -1.30. The second kappa shape index (κ2) is 4.34. The van der Waals surface area contributed by atoms with Crippen molar-refractivity contribution in [1.82, 2.24) is 0 Å². The van der Waals surface area contributed by atoms with Gasteiger partial charge in [0.2, 0.25) is 0 Å². The van der Waals surface area contributed by atoms with E-state index in [-0.39, 0.29) is 0 Å². The lowest BCUT2D eigenvalue weighted by molar-refractivity contribution is -0.161. The van der Waals surface area contributed by atoms with Gasteiger partial charge in [0.1, 0.15) is 0 Å². The fraction of sp³-hybridized carbons (Fsp3) is 0.875. The molecule has 1 atom stereocenters. The number of carbonyl (C=O) groups is 1. The van der Waals surface area contributed by atoms with Gasteiger partial charge >= 0.3 is 5.97 Å². The number of hydrogen-bond acceptors (Lipinski definition) is 3. The van der Waals surface area contributed by atoms with Crippen molar-refractivity contribution in [3.05, 3.63) is 0 Å². The van der Waals surface area contributed by atoms with Crippen LogP contribution in [0.2, 0.25) is 0 Å². The third-order valence-electron chi connectivity index (χ3n) is 1.64. The fourth-order valence-corrected chi connectivity index (χ4v) is 0.843. The van der Waals surface area contributed by atoms with E-state index in [0.717, 1.165) is 12.8 Å². The molecule has 0 saturated carbocycles. The zero-order valence-electron chi connectivity index (χ0n) is 7.39. The van der Waals surface area contributed by atoms with Crippen LogP contribution in [-0.4, -0.2) is 23.8 Å². The van der Waals surface area contributed by atoms with Crippen LogP contribution in [0.4, 0.5) is 0 Å². The van der Waals surface area contributed by atoms with Crippen LogP contribution >= 0.6 is 0 Å². The first kappa shape index (κ1) is 10.4. The van der Waals surface area contributed by atoms with Gasteiger partial charge in [-0.15, -0.1) is 0 Å². The van der Waals surface area contributed by atoms with E-state index in [2.05, 4.69) is 4.74 Å². The molecule has 0 aromatic rings. The van der Waals surface area contributed by atoms with Crippen LogP contribution in [0.5, 0.6) is 0 Å². The zero-order chi connectivity index (χ0) is 8.91. The molecular formula is C8H16O3. The molecule has 0 aromatic heterocycles. The van der Waals surface area contributed by atoms with Gasteiger partial charge in [0.05, 0.1) is 7.11 Å². The molecule has 11 heavy (non-hydrogen) atoms. The molecule has 0 heterocycles. The maximum atomic E-state index is 10.9. The van der Waals surface area contributed by atoms with Crippen LogP contribution in [0.25, 0.3) is 0 Å². The molecule has 0 aliphatic carbocycles. The molecule has 66 valence electrons. The Morgan fingerprint density at radius 2 is 2.18 bits per heavy atom. The van der Waals surface area contributed by atoms with Crippen LogP contribution in [0.15, 0.2) is 0 Å². The lowest BCUT2D eigenvalue weighted by atomic mass is 10.00. The molecule has 0 spiro atoms. The first-order valence-corrected chi connectivity index (χ1v) is 3.85. The minimum absolute atomic E-state index is 0.468. The number of ether oxygens (including phenoxy) is 1. The van der Waals surface area contributed by atoms with E-state index in [0.29, 0.717) is 6.42 Å². The molecule has 0 bridgehead atoms. The molecule has 0 aromatic carbocycles. The minimum Gasteiger partial charge on any atom is -0.467 e. The molecule has 0 rings (SSSR count). The van der Waals surface area contributed by atoms with Crippen molar-refractivity contribution in [3.8, 4) is 0 Å². The molecule has 0 amide bonds. The highest BCUT2D eigenvalue weighted by atomic mass is 16.5. The number of carbonyl (C=O) groups excluding carboxylic acids is 1. The van der Waals surface area contributed by atoms with Gasteiger partial charge in [-0.05, 0) is 13.3 Å². The topological polar surface area (TPSA) is 46.5 Å². The molecule has 1 N–H and O–H groups in total. The highest BCUT2D eigenvalue weighted by Gasteiger charge is 2.30. The average molecular weight is 160 g/mol. The summed E-state index contributed by atoms with van der Waals surface area (Å²) in [4.78, 5) is 10.9. The van der Waals surface area contributed by atoms with E-state index in [1.807, 2.05) is 6.92 Å². The van der Waals surface area contributed by atoms with E-state index >= 15 is 0 Å². The summed E-state index contributed by atoms with van der Waals surface area (Å²) in [5.74, 6) is -0.550. The standard InChI is InChI=1S/C8H16O3/c1-4-5-6-8(2,10)7(9)11-3/h10H,4-6H2,1-3H3. The molecule has 3 heteroatoms. The second-order valence-electron chi connectivity index (χ2n) is 2.87. The third kappa shape index (κ3) is 3.37. The van der Waals surface area contributed by atoms with Crippen molar-refractivity contribution in [3.63, 3.8) is 0 Å². The molecular weight excluding hydrogens is 144 g/mol. The van der Waals surface area contributed by atoms with Gasteiger partial charge in [-0.25, -0.2) is 4.79 Å². The van der Waals surface area contributed by atoms with Gasteiger partial charge in [0, 0.05) is 0 Å². The smallest absolute Gasteiger partial charge is 0.337 e. The summed E-state index contributed by atoms with van der Waals surface area (Å²) in [6, 6.07) is 0. The molecule has 0 radical (unpaired) electrons.